The quantitative estimate of drug-likeness (QED) is 0.109. The second-order valence-electron chi connectivity index (χ2n) is 12.6. The van der Waals surface area contributed by atoms with Gasteiger partial charge in [-0.3, -0.25) is 4.79 Å². The molecular weight excluding hydrogens is 702 g/mol. The molecule has 0 spiro atoms. The number of carboxylic acid groups (broad SMARTS) is 1. The maximum atomic E-state index is 12.9. The van der Waals surface area contributed by atoms with E-state index in [4.69, 9.17) is 14.2 Å². The first-order valence-electron chi connectivity index (χ1n) is 17.3. The number of ether oxygens (including phenoxy) is 3. The van der Waals surface area contributed by atoms with Crippen LogP contribution in [0.3, 0.4) is 0 Å². The zero-order chi connectivity index (χ0) is 37.9. The molecule has 0 bridgehead atoms. The third-order valence-electron chi connectivity index (χ3n) is 9.28. The van der Waals surface area contributed by atoms with E-state index in [0.717, 1.165) is 55.5 Å². The lowest BCUT2D eigenvalue weighted by Gasteiger charge is -2.26. The number of aromatic nitrogens is 6. The van der Waals surface area contributed by atoms with E-state index in [1.54, 1.807) is 32.4 Å². The van der Waals surface area contributed by atoms with Gasteiger partial charge in [0.05, 0.1) is 43.8 Å². The van der Waals surface area contributed by atoms with Gasteiger partial charge in [-0.15, -0.1) is 0 Å². The number of aromatic carboxylic acids is 1. The smallest absolute Gasteiger partial charge is 0.335 e. The minimum absolute atomic E-state index is 0.0102. The standard InChI is InChI=1S/C22H21N5O3.C18H14N4O3/c1-29-16-5-3-15(4-6-16)25-20-19-17-12-14(22(28)27-8-10-30-11-9-27)2-7-18(17)26-21(19)24-13-23-20;1-25-12-5-3-11(4-6-12)21-16-15-13-8-10(18(23)24)2-7-14(13)22-17(15)20-9-19-16/h2-7,12-13H,8-11H2,1H3,(H2,23,24,25,26);2-9H,1H3,(H,23,24)(H2,19,20,21,22). The number of hydrogen-bond donors (Lipinski definition) is 5. The summed E-state index contributed by atoms with van der Waals surface area (Å²) in [7, 11) is 3.25. The van der Waals surface area contributed by atoms with E-state index < -0.39 is 5.97 Å². The molecule has 0 atom stereocenters. The SMILES string of the molecule is COc1ccc(Nc2ncnc3[nH]c4ccc(C(=O)N5CCOCC5)cc4c23)cc1.COc1ccc(Nc2ncnc3[nH]c4ccc(C(=O)O)cc4c23)cc1. The van der Waals surface area contributed by atoms with E-state index in [2.05, 4.69) is 40.5 Å². The van der Waals surface area contributed by atoms with Crippen LogP contribution in [0.15, 0.2) is 97.6 Å². The van der Waals surface area contributed by atoms with Crippen molar-refractivity contribution in [3.63, 3.8) is 0 Å². The van der Waals surface area contributed by atoms with Crippen molar-refractivity contribution in [2.45, 2.75) is 0 Å². The summed E-state index contributed by atoms with van der Waals surface area (Å²) in [5.74, 6) is 1.86. The highest BCUT2D eigenvalue weighted by molar-refractivity contribution is 6.14. The Kier molecular flexibility index (Phi) is 9.49. The van der Waals surface area contributed by atoms with Crippen LogP contribution >= 0.6 is 0 Å². The average Bonchev–Trinajstić information content (AvgIpc) is 3.80. The fraction of sp³-hybridized carbons (Fsp3) is 0.150. The van der Waals surface area contributed by atoms with Crippen molar-refractivity contribution >= 4 is 78.8 Å². The molecule has 1 saturated heterocycles. The molecule has 5 heterocycles. The zero-order valence-electron chi connectivity index (χ0n) is 29.8. The second-order valence-corrected chi connectivity index (χ2v) is 12.6. The van der Waals surface area contributed by atoms with Crippen LogP contribution in [0.1, 0.15) is 20.7 Å². The molecule has 8 aromatic rings. The molecule has 1 aliphatic rings. The maximum Gasteiger partial charge on any atom is 0.335 e. The lowest BCUT2D eigenvalue weighted by atomic mass is 10.1. The van der Waals surface area contributed by atoms with Crippen molar-refractivity contribution in [1.29, 1.82) is 0 Å². The van der Waals surface area contributed by atoms with E-state index >= 15 is 0 Å². The number of anilines is 4. The number of fused-ring (bicyclic) bond motifs is 6. The lowest BCUT2D eigenvalue weighted by Crippen LogP contribution is -2.40. The fourth-order valence-corrected chi connectivity index (χ4v) is 6.47. The molecule has 55 heavy (non-hydrogen) atoms. The van der Waals surface area contributed by atoms with Crippen LogP contribution in [0.5, 0.6) is 11.5 Å². The van der Waals surface area contributed by atoms with Crippen LogP contribution in [0.25, 0.3) is 43.9 Å². The number of nitrogens with one attached hydrogen (secondary N) is 4. The van der Waals surface area contributed by atoms with Crippen LogP contribution < -0.4 is 20.1 Å². The van der Waals surface area contributed by atoms with Crippen molar-refractivity contribution in [3.8, 4) is 11.5 Å². The molecule has 0 unspecified atom stereocenters. The summed E-state index contributed by atoms with van der Waals surface area (Å²) >= 11 is 0. The van der Waals surface area contributed by atoms with Gasteiger partial charge in [0.2, 0.25) is 0 Å². The van der Waals surface area contributed by atoms with Crippen LogP contribution in [-0.2, 0) is 4.74 Å². The predicted octanol–water partition coefficient (Wildman–Crippen LogP) is 6.90. The number of H-pyrrole nitrogens is 2. The highest BCUT2D eigenvalue weighted by Gasteiger charge is 2.20. The number of morpholine rings is 1. The van der Waals surface area contributed by atoms with Gasteiger partial charge in [0.15, 0.2) is 0 Å². The van der Waals surface area contributed by atoms with Crippen molar-refractivity contribution in [1.82, 2.24) is 34.8 Å². The number of nitrogens with zero attached hydrogens (tertiary/aromatic N) is 5. The second kappa shape index (κ2) is 15.0. The van der Waals surface area contributed by atoms with E-state index in [9.17, 15) is 14.7 Å². The Morgan fingerprint density at radius 1 is 0.673 bits per heavy atom. The summed E-state index contributed by atoms with van der Waals surface area (Å²) in [6.45, 7) is 2.37. The van der Waals surface area contributed by atoms with Gasteiger partial charge in [-0.05, 0) is 84.9 Å². The van der Waals surface area contributed by atoms with Crippen LogP contribution in [-0.4, -0.2) is 92.3 Å². The number of amides is 1. The summed E-state index contributed by atoms with van der Waals surface area (Å²) in [6, 6.07) is 25.7. The minimum Gasteiger partial charge on any atom is -0.497 e. The summed E-state index contributed by atoms with van der Waals surface area (Å²) < 4.78 is 15.7. The van der Waals surface area contributed by atoms with Gasteiger partial charge in [-0.25, -0.2) is 24.7 Å². The van der Waals surface area contributed by atoms with Crippen molar-refractivity contribution in [2.24, 2.45) is 0 Å². The first-order chi connectivity index (χ1) is 26.9. The highest BCUT2D eigenvalue weighted by Crippen LogP contribution is 2.33. The predicted molar refractivity (Wildman–Crippen MR) is 209 cm³/mol. The maximum absolute atomic E-state index is 12.9. The Morgan fingerprint density at radius 2 is 1.15 bits per heavy atom. The Labute approximate surface area is 313 Å². The molecule has 276 valence electrons. The third kappa shape index (κ3) is 7.11. The number of benzene rings is 4. The summed E-state index contributed by atoms with van der Waals surface area (Å²) in [5.41, 5.74) is 5.64. The molecule has 15 nitrogen and oxygen atoms in total. The summed E-state index contributed by atoms with van der Waals surface area (Å²) in [6.07, 6.45) is 2.98. The van der Waals surface area contributed by atoms with Gasteiger partial charge in [0, 0.05) is 51.8 Å². The Hall–Kier alpha value is -7.26. The molecule has 0 radical (unpaired) electrons. The van der Waals surface area contributed by atoms with Gasteiger partial charge in [0.1, 0.15) is 47.1 Å². The number of hydrogen-bond acceptors (Lipinski definition) is 11. The number of carbonyl (C=O) groups is 2. The number of rotatable bonds is 8. The van der Waals surface area contributed by atoms with Crippen molar-refractivity contribution < 1.29 is 28.9 Å². The molecule has 5 N–H and O–H groups in total. The largest absolute Gasteiger partial charge is 0.497 e. The Balaban J connectivity index is 0.000000158. The topological polar surface area (TPSA) is 192 Å². The lowest BCUT2D eigenvalue weighted by molar-refractivity contribution is 0.0303. The van der Waals surface area contributed by atoms with E-state index in [-0.39, 0.29) is 11.5 Å². The molecule has 0 saturated carbocycles. The average molecular weight is 738 g/mol. The number of aromatic amines is 2. The van der Waals surface area contributed by atoms with Gasteiger partial charge in [-0.1, -0.05) is 0 Å². The Morgan fingerprint density at radius 3 is 1.62 bits per heavy atom. The molecule has 1 fully saturated rings. The third-order valence-corrected chi connectivity index (χ3v) is 9.28. The van der Waals surface area contributed by atoms with Crippen molar-refractivity contribution in [3.05, 3.63) is 109 Å². The van der Waals surface area contributed by atoms with Gasteiger partial charge >= 0.3 is 5.97 Å². The Bertz CT molecular complexity index is 2670. The van der Waals surface area contributed by atoms with Gasteiger partial charge in [0.25, 0.3) is 5.91 Å². The molecule has 4 aromatic carbocycles. The normalized spacial score (nSPS) is 12.7. The molecule has 4 aromatic heterocycles. The molecule has 0 aliphatic carbocycles. The molecule has 1 aliphatic heterocycles. The van der Waals surface area contributed by atoms with Crippen molar-refractivity contribution in [2.75, 3.05) is 51.2 Å². The van der Waals surface area contributed by atoms with Gasteiger partial charge in [-0.2, -0.15) is 0 Å². The van der Waals surface area contributed by atoms with E-state index in [1.165, 1.54) is 12.7 Å². The summed E-state index contributed by atoms with van der Waals surface area (Å²) in [4.78, 5) is 49.9. The zero-order valence-corrected chi connectivity index (χ0v) is 29.8. The number of carbonyl (C=O) groups excluding carboxylic acids is 1. The first kappa shape index (κ1) is 34.8. The monoisotopic (exact) mass is 737 g/mol. The highest BCUT2D eigenvalue weighted by atomic mass is 16.5. The molecular formula is C40H35N9O6. The van der Waals surface area contributed by atoms with E-state index in [0.29, 0.717) is 54.8 Å². The molecule has 9 rings (SSSR count). The first-order valence-corrected chi connectivity index (χ1v) is 17.3. The van der Waals surface area contributed by atoms with E-state index in [1.807, 2.05) is 71.6 Å². The number of carboxylic acids is 1. The summed E-state index contributed by atoms with van der Waals surface area (Å²) in [5, 5.41) is 19.1. The number of methoxy groups -OCH3 is 2. The fourth-order valence-electron chi connectivity index (χ4n) is 6.47. The minimum atomic E-state index is -0.974. The van der Waals surface area contributed by atoms with Crippen LogP contribution in [0.4, 0.5) is 23.0 Å². The van der Waals surface area contributed by atoms with Crippen LogP contribution in [0, 0.1) is 0 Å². The molecule has 15 heteroatoms. The molecule has 1 amide bonds. The van der Waals surface area contributed by atoms with Gasteiger partial charge < -0.3 is 44.8 Å². The van der Waals surface area contributed by atoms with Crippen LogP contribution in [0.2, 0.25) is 0 Å².